The van der Waals surface area contributed by atoms with E-state index in [1.165, 1.54) is 6.92 Å². The number of aromatic nitrogens is 2. The van der Waals surface area contributed by atoms with E-state index >= 15 is 0 Å². The van der Waals surface area contributed by atoms with E-state index in [1.54, 1.807) is 35.1 Å². The van der Waals surface area contributed by atoms with Crippen LogP contribution in [0.5, 0.6) is 0 Å². The van der Waals surface area contributed by atoms with Gasteiger partial charge in [-0.25, -0.2) is 13.6 Å². The van der Waals surface area contributed by atoms with Crippen LogP contribution >= 0.6 is 0 Å². The SMILES string of the molecule is CC(OC(=O)c1ccc(Cn2cccn2)cc1)C(=O)Nc1ccc(F)cc1F. The van der Waals surface area contributed by atoms with Crippen molar-refractivity contribution in [3.05, 3.63) is 83.7 Å². The van der Waals surface area contributed by atoms with Crippen molar-refractivity contribution in [1.82, 2.24) is 9.78 Å². The maximum absolute atomic E-state index is 13.6. The van der Waals surface area contributed by atoms with Gasteiger partial charge in [-0.05, 0) is 42.8 Å². The number of benzene rings is 2. The van der Waals surface area contributed by atoms with Crippen LogP contribution in [0.2, 0.25) is 0 Å². The third-order valence-electron chi connectivity index (χ3n) is 3.94. The highest BCUT2D eigenvalue weighted by molar-refractivity contribution is 5.97. The third-order valence-corrected chi connectivity index (χ3v) is 3.94. The lowest BCUT2D eigenvalue weighted by Gasteiger charge is -2.14. The summed E-state index contributed by atoms with van der Waals surface area (Å²) in [5.41, 5.74) is 1.02. The van der Waals surface area contributed by atoms with E-state index in [9.17, 15) is 18.4 Å². The second-order valence-corrected chi connectivity index (χ2v) is 6.06. The predicted octanol–water partition coefficient (Wildman–Crippen LogP) is 3.39. The average molecular weight is 385 g/mol. The van der Waals surface area contributed by atoms with E-state index in [0.717, 1.165) is 17.7 Å². The van der Waals surface area contributed by atoms with Gasteiger partial charge in [0.2, 0.25) is 0 Å². The van der Waals surface area contributed by atoms with Crippen molar-refractivity contribution < 1.29 is 23.1 Å². The number of nitrogens with one attached hydrogen (secondary N) is 1. The van der Waals surface area contributed by atoms with E-state index in [0.29, 0.717) is 12.6 Å². The van der Waals surface area contributed by atoms with E-state index in [1.807, 2.05) is 12.3 Å². The first-order chi connectivity index (χ1) is 13.4. The van der Waals surface area contributed by atoms with Crippen molar-refractivity contribution in [2.45, 2.75) is 19.6 Å². The van der Waals surface area contributed by atoms with Gasteiger partial charge in [0.05, 0.1) is 17.8 Å². The molecule has 28 heavy (non-hydrogen) atoms. The van der Waals surface area contributed by atoms with Crippen molar-refractivity contribution in [2.24, 2.45) is 0 Å². The van der Waals surface area contributed by atoms with E-state index < -0.39 is 29.6 Å². The van der Waals surface area contributed by atoms with Crippen LogP contribution in [0, 0.1) is 11.6 Å². The average Bonchev–Trinajstić information content (AvgIpc) is 3.17. The number of amides is 1. The normalized spacial score (nSPS) is 11.7. The Morgan fingerprint density at radius 2 is 1.93 bits per heavy atom. The Morgan fingerprint density at radius 1 is 1.18 bits per heavy atom. The molecule has 144 valence electrons. The summed E-state index contributed by atoms with van der Waals surface area (Å²) in [6, 6.07) is 11.3. The molecule has 1 amide bonds. The number of nitrogens with zero attached hydrogens (tertiary/aromatic N) is 2. The van der Waals surface area contributed by atoms with Gasteiger partial charge in [-0.15, -0.1) is 0 Å². The lowest BCUT2D eigenvalue weighted by molar-refractivity contribution is -0.123. The summed E-state index contributed by atoms with van der Waals surface area (Å²) in [5, 5.41) is 6.37. The number of rotatable bonds is 6. The molecule has 8 heteroatoms. The van der Waals surface area contributed by atoms with Crippen LogP contribution in [0.3, 0.4) is 0 Å². The molecular weight excluding hydrogens is 368 g/mol. The van der Waals surface area contributed by atoms with Crippen LogP contribution in [0.4, 0.5) is 14.5 Å². The highest BCUT2D eigenvalue weighted by Gasteiger charge is 2.20. The lowest BCUT2D eigenvalue weighted by Crippen LogP contribution is -2.30. The molecule has 2 aromatic carbocycles. The first-order valence-electron chi connectivity index (χ1n) is 8.45. The van der Waals surface area contributed by atoms with Crippen molar-refractivity contribution in [3.8, 4) is 0 Å². The molecule has 0 aliphatic heterocycles. The predicted molar refractivity (Wildman–Crippen MR) is 97.6 cm³/mol. The van der Waals surface area contributed by atoms with Crippen LogP contribution in [0.25, 0.3) is 0 Å². The topological polar surface area (TPSA) is 73.2 Å². The zero-order valence-corrected chi connectivity index (χ0v) is 14.9. The molecule has 0 aliphatic carbocycles. The molecule has 0 fully saturated rings. The van der Waals surface area contributed by atoms with Gasteiger partial charge in [0.1, 0.15) is 11.6 Å². The molecule has 1 aromatic heterocycles. The minimum Gasteiger partial charge on any atom is -0.449 e. The molecule has 3 rings (SSSR count). The quantitative estimate of drug-likeness (QED) is 0.660. The summed E-state index contributed by atoms with van der Waals surface area (Å²) in [6.45, 7) is 1.92. The summed E-state index contributed by atoms with van der Waals surface area (Å²) in [4.78, 5) is 24.3. The summed E-state index contributed by atoms with van der Waals surface area (Å²) >= 11 is 0. The zero-order valence-electron chi connectivity index (χ0n) is 14.9. The Morgan fingerprint density at radius 3 is 2.57 bits per heavy atom. The summed E-state index contributed by atoms with van der Waals surface area (Å²) in [5.74, 6) is -3.09. The van der Waals surface area contributed by atoms with E-state index in [4.69, 9.17) is 4.74 Å². The Bertz CT molecular complexity index is 973. The Balaban J connectivity index is 1.57. The molecule has 1 N–H and O–H groups in total. The molecule has 0 radical (unpaired) electrons. The smallest absolute Gasteiger partial charge is 0.338 e. The number of carbonyl (C=O) groups excluding carboxylic acids is 2. The molecule has 1 atom stereocenters. The molecule has 1 heterocycles. The van der Waals surface area contributed by atoms with Crippen LogP contribution in [0.15, 0.2) is 60.9 Å². The molecule has 0 bridgehead atoms. The van der Waals surface area contributed by atoms with E-state index in [-0.39, 0.29) is 11.3 Å². The fraction of sp³-hybridized carbons (Fsp3) is 0.150. The second-order valence-electron chi connectivity index (χ2n) is 6.06. The first-order valence-corrected chi connectivity index (χ1v) is 8.45. The van der Waals surface area contributed by atoms with Gasteiger partial charge in [0.15, 0.2) is 6.10 Å². The number of hydrogen-bond acceptors (Lipinski definition) is 4. The molecule has 1 unspecified atom stereocenters. The van der Waals surface area contributed by atoms with Crippen LogP contribution in [-0.4, -0.2) is 27.8 Å². The van der Waals surface area contributed by atoms with Gasteiger partial charge in [-0.1, -0.05) is 12.1 Å². The summed E-state index contributed by atoms with van der Waals surface area (Å²) in [7, 11) is 0. The molecule has 0 spiro atoms. The number of halogens is 2. The van der Waals surface area contributed by atoms with Gasteiger partial charge >= 0.3 is 5.97 Å². The number of anilines is 1. The second kappa shape index (κ2) is 8.43. The highest BCUT2D eigenvalue weighted by atomic mass is 19.1. The Kier molecular flexibility index (Phi) is 5.78. The third kappa shape index (κ3) is 4.79. The Hall–Kier alpha value is -3.55. The fourth-order valence-corrected chi connectivity index (χ4v) is 2.43. The molecule has 0 saturated heterocycles. The van der Waals surface area contributed by atoms with Crippen LogP contribution in [-0.2, 0) is 16.1 Å². The minimum atomic E-state index is -1.17. The van der Waals surface area contributed by atoms with Gasteiger partial charge in [0, 0.05) is 18.5 Å². The van der Waals surface area contributed by atoms with Gasteiger partial charge in [-0.3, -0.25) is 9.48 Å². The lowest BCUT2D eigenvalue weighted by atomic mass is 10.1. The van der Waals surface area contributed by atoms with E-state index in [2.05, 4.69) is 10.4 Å². The fourth-order valence-electron chi connectivity index (χ4n) is 2.43. The van der Waals surface area contributed by atoms with Crippen molar-refractivity contribution in [2.75, 3.05) is 5.32 Å². The largest absolute Gasteiger partial charge is 0.449 e. The van der Waals surface area contributed by atoms with Crippen molar-refractivity contribution in [1.29, 1.82) is 0 Å². The highest BCUT2D eigenvalue weighted by Crippen LogP contribution is 2.16. The standard InChI is InChI=1S/C20H17F2N3O3/c1-13(19(26)24-18-8-7-16(21)11-17(18)22)28-20(27)15-5-3-14(4-6-15)12-25-10-2-9-23-25/h2-11,13H,12H2,1H3,(H,24,26). The maximum atomic E-state index is 13.6. The maximum Gasteiger partial charge on any atom is 0.338 e. The Labute approximate surface area is 159 Å². The van der Waals surface area contributed by atoms with Gasteiger partial charge in [0.25, 0.3) is 5.91 Å². The number of hydrogen-bond donors (Lipinski definition) is 1. The van der Waals surface area contributed by atoms with Gasteiger partial charge < -0.3 is 10.1 Å². The monoisotopic (exact) mass is 385 g/mol. The first kappa shape index (κ1) is 19.2. The summed E-state index contributed by atoms with van der Waals surface area (Å²) < 4.78 is 33.4. The van der Waals surface area contributed by atoms with Crippen molar-refractivity contribution in [3.63, 3.8) is 0 Å². The zero-order chi connectivity index (χ0) is 20.1. The number of carbonyl (C=O) groups is 2. The number of ether oxygens (including phenoxy) is 1. The van der Waals surface area contributed by atoms with Gasteiger partial charge in [-0.2, -0.15) is 5.10 Å². The molecule has 0 saturated carbocycles. The molecular formula is C20H17F2N3O3. The molecule has 3 aromatic rings. The van der Waals surface area contributed by atoms with Crippen LogP contribution in [0.1, 0.15) is 22.8 Å². The number of esters is 1. The molecule has 0 aliphatic rings. The summed E-state index contributed by atoms with van der Waals surface area (Å²) in [6.07, 6.45) is 2.34. The minimum absolute atomic E-state index is 0.197. The molecule has 6 nitrogen and oxygen atoms in total. The van der Waals surface area contributed by atoms with Crippen LogP contribution < -0.4 is 5.32 Å². The van der Waals surface area contributed by atoms with Crippen molar-refractivity contribution >= 4 is 17.6 Å².